The summed E-state index contributed by atoms with van der Waals surface area (Å²) in [5.41, 5.74) is 8.84. The fraction of sp³-hybridized carbons (Fsp3) is 0.409. The van der Waals surface area contributed by atoms with E-state index in [4.69, 9.17) is 5.73 Å². The predicted molar refractivity (Wildman–Crippen MR) is 119 cm³/mol. The lowest BCUT2D eigenvalue weighted by molar-refractivity contribution is -0.121. The number of carbonyl (C=O) groups is 1. The lowest BCUT2D eigenvalue weighted by Crippen LogP contribution is -2.50. The summed E-state index contributed by atoms with van der Waals surface area (Å²) in [5, 5.41) is 3.27. The molecule has 2 aromatic carbocycles. The average Bonchev–Trinajstić information content (AvgIpc) is 2.87. The lowest BCUT2D eigenvalue weighted by Gasteiger charge is -2.39. The second kappa shape index (κ2) is 10.1. The van der Waals surface area contributed by atoms with E-state index in [0.717, 1.165) is 30.6 Å². The van der Waals surface area contributed by atoms with Crippen LogP contribution >= 0.6 is 24.8 Å². The van der Waals surface area contributed by atoms with Crippen LogP contribution in [0.3, 0.4) is 0 Å². The van der Waals surface area contributed by atoms with Gasteiger partial charge in [-0.05, 0) is 48.9 Å². The Labute approximate surface area is 179 Å². The van der Waals surface area contributed by atoms with E-state index in [1.54, 1.807) is 0 Å². The summed E-state index contributed by atoms with van der Waals surface area (Å²) in [6.45, 7) is 1.03. The highest BCUT2D eigenvalue weighted by Crippen LogP contribution is 2.36. The molecule has 2 saturated heterocycles. The van der Waals surface area contributed by atoms with Gasteiger partial charge in [-0.25, -0.2) is 0 Å². The van der Waals surface area contributed by atoms with E-state index in [0.29, 0.717) is 24.5 Å². The maximum atomic E-state index is 12.4. The van der Waals surface area contributed by atoms with Crippen molar-refractivity contribution in [3.8, 4) is 0 Å². The van der Waals surface area contributed by atoms with Crippen molar-refractivity contribution in [1.29, 1.82) is 0 Å². The van der Waals surface area contributed by atoms with Crippen LogP contribution in [-0.2, 0) is 17.8 Å². The Morgan fingerprint density at radius 2 is 1.54 bits per heavy atom. The average molecular weight is 422 g/mol. The van der Waals surface area contributed by atoms with Gasteiger partial charge in [-0.2, -0.15) is 0 Å². The van der Waals surface area contributed by atoms with Crippen molar-refractivity contribution < 1.29 is 4.79 Å². The minimum atomic E-state index is 0. The van der Waals surface area contributed by atoms with E-state index in [-0.39, 0.29) is 30.7 Å². The monoisotopic (exact) mass is 421 g/mol. The molecule has 1 amide bonds. The molecule has 0 aromatic heterocycles. The molecule has 2 fully saturated rings. The Morgan fingerprint density at radius 1 is 0.929 bits per heavy atom. The number of hydrogen-bond acceptors (Lipinski definition) is 3. The molecule has 4 rings (SSSR count). The van der Waals surface area contributed by atoms with Crippen LogP contribution in [0.1, 0.15) is 36.8 Å². The number of nitrogens with zero attached hydrogens (tertiary/aromatic N) is 1. The van der Waals surface area contributed by atoms with Crippen molar-refractivity contribution in [2.75, 3.05) is 5.73 Å². The summed E-state index contributed by atoms with van der Waals surface area (Å²) in [7, 11) is 0. The zero-order valence-corrected chi connectivity index (χ0v) is 17.6. The fourth-order valence-corrected chi connectivity index (χ4v) is 4.54. The van der Waals surface area contributed by atoms with E-state index >= 15 is 0 Å². The molecule has 2 unspecified atom stereocenters. The molecular weight excluding hydrogens is 393 g/mol. The number of hydrogen-bond donors (Lipinski definition) is 2. The number of anilines is 1. The highest BCUT2D eigenvalue weighted by atomic mass is 35.5. The molecule has 0 saturated carbocycles. The quantitative estimate of drug-likeness (QED) is 0.717. The van der Waals surface area contributed by atoms with Crippen LogP contribution in [-0.4, -0.2) is 28.9 Å². The lowest BCUT2D eigenvalue weighted by atomic mass is 9.96. The third-order valence-electron chi connectivity index (χ3n) is 5.80. The largest absolute Gasteiger partial charge is 0.399 e. The summed E-state index contributed by atoms with van der Waals surface area (Å²) in [4.78, 5) is 15.1. The van der Waals surface area contributed by atoms with E-state index < -0.39 is 0 Å². The number of nitrogens with two attached hydrogens (primary N) is 1. The smallest absolute Gasteiger partial charge is 0.224 e. The van der Waals surface area contributed by atoms with Gasteiger partial charge >= 0.3 is 0 Å². The Balaban J connectivity index is 0.00000140. The number of carbonyl (C=O) groups excluding carboxylic acids is 1. The molecule has 6 heteroatoms. The van der Waals surface area contributed by atoms with Crippen molar-refractivity contribution in [3.05, 3.63) is 65.7 Å². The highest BCUT2D eigenvalue weighted by molar-refractivity contribution is 5.85. The van der Waals surface area contributed by atoms with Crippen LogP contribution in [0, 0.1) is 0 Å². The minimum Gasteiger partial charge on any atom is -0.399 e. The number of piperidine rings is 1. The predicted octanol–water partition coefficient (Wildman–Crippen LogP) is 3.97. The van der Waals surface area contributed by atoms with E-state index in [1.165, 1.54) is 18.4 Å². The molecule has 2 heterocycles. The summed E-state index contributed by atoms with van der Waals surface area (Å²) < 4.78 is 0. The number of halogens is 2. The standard InChI is InChI=1S/C22H27N3O.2ClH/c23-18-8-6-16(7-9-18)12-22(26)24-19-13-20-10-11-21(14-19)25(20)15-17-4-2-1-3-5-17;;/h1-9,19-21H,10-15,23H2,(H,24,26);2*1H. The van der Waals surface area contributed by atoms with E-state index in [1.807, 2.05) is 24.3 Å². The van der Waals surface area contributed by atoms with Crippen LogP contribution in [0.4, 0.5) is 5.69 Å². The molecule has 3 N–H and O–H groups in total. The first-order valence-electron chi connectivity index (χ1n) is 9.61. The second-order valence-electron chi connectivity index (χ2n) is 7.70. The molecule has 2 aromatic rings. The van der Waals surface area contributed by atoms with E-state index in [2.05, 4.69) is 40.5 Å². The van der Waals surface area contributed by atoms with Gasteiger partial charge in [0.25, 0.3) is 0 Å². The summed E-state index contributed by atoms with van der Waals surface area (Å²) in [6.07, 6.45) is 5.07. The van der Waals surface area contributed by atoms with Gasteiger partial charge in [0.15, 0.2) is 0 Å². The molecule has 2 atom stereocenters. The number of nitrogens with one attached hydrogen (secondary N) is 1. The molecule has 152 valence electrons. The molecule has 0 radical (unpaired) electrons. The molecule has 4 nitrogen and oxygen atoms in total. The zero-order chi connectivity index (χ0) is 17.9. The van der Waals surface area contributed by atoms with Gasteiger partial charge in [0.1, 0.15) is 0 Å². The van der Waals surface area contributed by atoms with Crippen LogP contribution in [0.25, 0.3) is 0 Å². The first kappa shape index (κ1) is 22.5. The SMILES string of the molecule is Cl.Cl.Nc1ccc(CC(=O)NC2CC3CCC(C2)N3Cc2ccccc2)cc1. The Morgan fingerprint density at radius 3 is 2.14 bits per heavy atom. The third kappa shape index (κ3) is 5.40. The maximum Gasteiger partial charge on any atom is 0.224 e. The van der Waals surface area contributed by atoms with Gasteiger partial charge in [0, 0.05) is 30.4 Å². The van der Waals surface area contributed by atoms with Crippen molar-refractivity contribution >= 4 is 36.4 Å². The Bertz CT molecular complexity index is 740. The zero-order valence-electron chi connectivity index (χ0n) is 15.9. The maximum absolute atomic E-state index is 12.4. The number of rotatable bonds is 5. The minimum absolute atomic E-state index is 0. The number of fused-ring (bicyclic) bond motifs is 2. The Kier molecular flexibility index (Phi) is 8.17. The van der Waals surface area contributed by atoms with Gasteiger partial charge in [-0.1, -0.05) is 42.5 Å². The first-order chi connectivity index (χ1) is 12.7. The number of nitrogen functional groups attached to an aromatic ring is 1. The molecule has 0 aliphatic carbocycles. The van der Waals surface area contributed by atoms with Crippen molar-refractivity contribution in [2.45, 2.75) is 56.8 Å². The van der Waals surface area contributed by atoms with Crippen LogP contribution in [0.5, 0.6) is 0 Å². The first-order valence-corrected chi connectivity index (χ1v) is 9.61. The van der Waals surface area contributed by atoms with Gasteiger partial charge in [0.05, 0.1) is 6.42 Å². The molecular formula is C22H29Cl2N3O. The van der Waals surface area contributed by atoms with Crippen molar-refractivity contribution in [1.82, 2.24) is 10.2 Å². The molecule has 2 aliphatic heterocycles. The van der Waals surface area contributed by atoms with E-state index in [9.17, 15) is 4.79 Å². The second-order valence-corrected chi connectivity index (χ2v) is 7.70. The van der Waals surface area contributed by atoms with Gasteiger partial charge in [-0.3, -0.25) is 9.69 Å². The summed E-state index contributed by atoms with van der Waals surface area (Å²) >= 11 is 0. The van der Waals surface area contributed by atoms with Crippen LogP contribution < -0.4 is 11.1 Å². The molecule has 2 aliphatic rings. The van der Waals surface area contributed by atoms with Crippen molar-refractivity contribution in [2.24, 2.45) is 0 Å². The van der Waals surface area contributed by atoms with Gasteiger partial charge in [-0.15, -0.1) is 24.8 Å². The summed E-state index contributed by atoms with van der Waals surface area (Å²) in [6, 6.07) is 19.8. The third-order valence-corrected chi connectivity index (χ3v) is 5.80. The number of amides is 1. The Hall–Kier alpha value is -1.75. The molecule has 0 spiro atoms. The van der Waals surface area contributed by atoms with Gasteiger partial charge < -0.3 is 11.1 Å². The topological polar surface area (TPSA) is 58.4 Å². The van der Waals surface area contributed by atoms with Crippen molar-refractivity contribution in [3.63, 3.8) is 0 Å². The normalized spacial score (nSPS) is 23.4. The summed E-state index contributed by atoms with van der Waals surface area (Å²) in [5.74, 6) is 0.121. The molecule has 28 heavy (non-hydrogen) atoms. The fourth-order valence-electron chi connectivity index (χ4n) is 4.54. The van der Waals surface area contributed by atoms with Crippen LogP contribution in [0.15, 0.2) is 54.6 Å². The van der Waals surface area contributed by atoms with Crippen LogP contribution in [0.2, 0.25) is 0 Å². The van der Waals surface area contributed by atoms with Gasteiger partial charge in [0.2, 0.25) is 5.91 Å². The number of benzene rings is 2. The highest BCUT2D eigenvalue weighted by Gasteiger charge is 2.40. The molecule has 2 bridgehead atoms.